The normalized spacial score (nSPS) is 13.1. The van der Waals surface area contributed by atoms with Crippen molar-refractivity contribution in [2.45, 2.75) is 19.3 Å². The summed E-state index contributed by atoms with van der Waals surface area (Å²) in [6, 6.07) is 12.2. The van der Waals surface area contributed by atoms with E-state index in [0.717, 1.165) is 29.5 Å². The van der Waals surface area contributed by atoms with E-state index in [9.17, 15) is 28.2 Å². The lowest BCUT2D eigenvalue weighted by molar-refractivity contribution is -0.137. The third kappa shape index (κ3) is 4.30. The highest BCUT2D eigenvalue weighted by Crippen LogP contribution is 2.37. The van der Waals surface area contributed by atoms with Gasteiger partial charge in [-0.2, -0.15) is 18.3 Å². The van der Waals surface area contributed by atoms with Gasteiger partial charge in [0.25, 0.3) is 5.91 Å². The highest BCUT2D eigenvalue weighted by atomic mass is 19.4. The summed E-state index contributed by atoms with van der Waals surface area (Å²) in [4.78, 5) is 19.2. The first-order valence-corrected chi connectivity index (χ1v) is 10.9. The first-order chi connectivity index (χ1) is 17.1. The molecule has 36 heavy (non-hydrogen) atoms. The molecule has 0 fully saturated rings. The number of hydrogen-bond donors (Lipinski definition) is 3. The van der Waals surface area contributed by atoms with Crippen molar-refractivity contribution in [2.24, 2.45) is 7.05 Å². The molecule has 5 rings (SSSR count). The van der Waals surface area contributed by atoms with E-state index in [0.29, 0.717) is 23.6 Å². The van der Waals surface area contributed by atoms with E-state index in [4.69, 9.17) is 0 Å². The third-order valence-corrected chi connectivity index (χ3v) is 5.94. The first-order valence-electron chi connectivity index (χ1n) is 10.9. The highest BCUT2D eigenvalue weighted by molar-refractivity contribution is 6.03. The number of aryl methyl sites for hydroxylation is 1. The Morgan fingerprint density at radius 1 is 1.06 bits per heavy atom. The second kappa shape index (κ2) is 8.59. The van der Waals surface area contributed by atoms with Crippen LogP contribution in [0.15, 0.2) is 60.8 Å². The Bertz CT molecular complexity index is 1440. The number of carbonyl (C=O) groups excluding carboxylic acids is 1. The molecular weight excluding hydrogens is 475 g/mol. The molecule has 4 aromatic rings. The van der Waals surface area contributed by atoms with Crippen molar-refractivity contribution in [2.75, 3.05) is 5.32 Å². The van der Waals surface area contributed by atoms with Crippen molar-refractivity contribution in [1.82, 2.24) is 19.7 Å². The zero-order chi connectivity index (χ0) is 25.6. The van der Waals surface area contributed by atoms with E-state index in [2.05, 4.69) is 15.4 Å². The lowest BCUT2D eigenvalue weighted by Gasteiger charge is -2.19. The maximum absolute atomic E-state index is 13.4. The van der Waals surface area contributed by atoms with Gasteiger partial charge in [-0.25, -0.2) is 0 Å². The van der Waals surface area contributed by atoms with E-state index >= 15 is 0 Å². The molecule has 0 radical (unpaired) electrons. The number of phenolic OH excluding ortho intramolecular Hbond substituents is 2. The van der Waals surface area contributed by atoms with Crippen molar-refractivity contribution in [3.63, 3.8) is 0 Å². The summed E-state index contributed by atoms with van der Waals surface area (Å²) in [7, 11) is 1.61. The van der Waals surface area contributed by atoms with Crippen molar-refractivity contribution in [3.8, 4) is 22.8 Å². The number of pyridine rings is 1. The lowest BCUT2D eigenvalue weighted by atomic mass is 10.1. The van der Waals surface area contributed by atoms with Crippen molar-refractivity contribution in [3.05, 3.63) is 83.2 Å². The van der Waals surface area contributed by atoms with E-state index < -0.39 is 23.4 Å². The van der Waals surface area contributed by atoms with Crippen LogP contribution in [-0.2, 0) is 26.3 Å². The van der Waals surface area contributed by atoms with Crippen LogP contribution in [0.3, 0.4) is 0 Å². The standard InChI is InChI=1S/C25H20F3N5O3/c1-32-22(11-18(31-32)14-4-6-16(7-5-14)25(26,27)28)30-19-9-17(34)10-21(35)23(19)24(36)33-12-15-3-2-8-29-20(15)13-33/h2-11,30,34-35H,12-13H2,1H3. The zero-order valence-corrected chi connectivity index (χ0v) is 18.9. The van der Waals surface area contributed by atoms with Gasteiger partial charge in [0.1, 0.15) is 22.9 Å². The van der Waals surface area contributed by atoms with Gasteiger partial charge in [-0.15, -0.1) is 0 Å². The summed E-state index contributed by atoms with van der Waals surface area (Å²) in [5.74, 6) is -0.743. The van der Waals surface area contributed by atoms with Crippen molar-refractivity contribution < 1.29 is 28.2 Å². The van der Waals surface area contributed by atoms with Crippen LogP contribution < -0.4 is 5.32 Å². The summed E-state index contributed by atoms with van der Waals surface area (Å²) in [6.45, 7) is 0.601. The quantitative estimate of drug-likeness (QED) is 0.376. The molecule has 0 bridgehead atoms. The van der Waals surface area contributed by atoms with Crippen LogP contribution in [0.25, 0.3) is 11.3 Å². The van der Waals surface area contributed by atoms with Gasteiger partial charge in [-0.05, 0) is 23.8 Å². The number of rotatable bonds is 4. The fraction of sp³-hybridized carbons (Fsp3) is 0.160. The van der Waals surface area contributed by atoms with E-state index in [1.165, 1.54) is 27.8 Å². The first kappa shape index (κ1) is 23.2. The number of halogens is 3. The molecule has 1 aliphatic heterocycles. The molecule has 1 amide bonds. The molecule has 3 heterocycles. The molecule has 11 heteroatoms. The average molecular weight is 495 g/mol. The van der Waals surface area contributed by atoms with Crippen LogP contribution in [0.2, 0.25) is 0 Å². The highest BCUT2D eigenvalue weighted by Gasteiger charge is 2.31. The van der Waals surface area contributed by atoms with E-state index in [-0.39, 0.29) is 23.5 Å². The summed E-state index contributed by atoms with van der Waals surface area (Å²) in [5, 5.41) is 28.0. The second-order valence-corrected chi connectivity index (χ2v) is 8.40. The zero-order valence-electron chi connectivity index (χ0n) is 18.9. The molecule has 0 saturated carbocycles. The van der Waals surface area contributed by atoms with Crippen LogP contribution in [-0.4, -0.2) is 35.8 Å². The third-order valence-electron chi connectivity index (χ3n) is 5.94. The minimum atomic E-state index is -4.44. The Morgan fingerprint density at radius 3 is 2.50 bits per heavy atom. The van der Waals surface area contributed by atoms with Crippen LogP contribution >= 0.6 is 0 Å². The molecule has 2 aromatic carbocycles. The van der Waals surface area contributed by atoms with Crippen LogP contribution in [0.5, 0.6) is 11.5 Å². The predicted octanol–water partition coefficient (Wildman–Crippen LogP) is 4.81. The van der Waals surface area contributed by atoms with Gasteiger partial charge in [0.2, 0.25) is 0 Å². The Kier molecular flexibility index (Phi) is 5.54. The molecule has 0 aliphatic carbocycles. The van der Waals surface area contributed by atoms with Gasteiger partial charge < -0.3 is 20.4 Å². The maximum Gasteiger partial charge on any atom is 0.416 e. The number of amides is 1. The summed E-state index contributed by atoms with van der Waals surface area (Å²) in [5.41, 5.74) is 1.87. The molecule has 2 aromatic heterocycles. The summed E-state index contributed by atoms with van der Waals surface area (Å²) in [6.07, 6.45) is -2.79. The predicted molar refractivity (Wildman–Crippen MR) is 125 cm³/mol. The molecular formula is C25H20F3N5O3. The molecule has 0 atom stereocenters. The number of aromatic hydroxyl groups is 2. The number of alkyl halides is 3. The minimum Gasteiger partial charge on any atom is -0.508 e. The topological polar surface area (TPSA) is 104 Å². The molecule has 1 aliphatic rings. The SMILES string of the molecule is Cn1nc(-c2ccc(C(F)(F)F)cc2)cc1Nc1cc(O)cc(O)c1C(=O)N1Cc2cccnc2C1. The molecule has 0 saturated heterocycles. The number of nitrogens with zero attached hydrogens (tertiary/aromatic N) is 4. The van der Waals surface area contributed by atoms with Crippen LogP contribution in [0, 0.1) is 0 Å². The fourth-order valence-electron chi connectivity index (χ4n) is 4.13. The number of phenols is 2. The number of anilines is 2. The second-order valence-electron chi connectivity index (χ2n) is 8.40. The van der Waals surface area contributed by atoms with Gasteiger partial charge in [0, 0.05) is 43.6 Å². The maximum atomic E-state index is 13.4. The number of hydrogen-bond acceptors (Lipinski definition) is 6. The van der Waals surface area contributed by atoms with Crippen LogP contribution in [0.1, 0.15) is 27.2 Å². The number of carbonyl (C=O) groups is 1. The molecule has 184 valence electrons. The average Bonchev–Trinajstić information content (AvgIpc) is 3.42. The number of benzene rings is 2. The summed E-state index contributed by atoms with van der Waals surface area (Å²) >= 11 is 0. The molecule has 0 unspecified atom stereocenters. The number of aromatic nitrogens is 3. The van der Waals surface area contributed by atoms with Gasteiger partial charge in [0.15, 0.2) is 0 Å². The summed E-state index contributed by atoms with van der Waals surface area (Å²) < 4.78 is 40.1. The molecule has 3 N–H and O–H groups in total. The van der Waals surface area contributed by atoms with E-state index in [1.54, 1.807) is 25.4 Å². The van der Waals surface area contributed by atoms with Gasteiger partial charge in [0.05, 0.1) is 29.2 Å². The Balaban J connectivity index is 1.44. The van der Waals surface area contributed by atoms with E-state index in [1.807, 2.05) is 6.07 Å². The van der Waals surface area contributed by atoms with Crippen molar-refractivity contribution in [1.29, 1.82) is 0 Å². The van der Waals surface area contributed by atoms with Gasteiger partial charge in [-0.1, -0.05) is 18.2 Å². The Morgan fingerprint density at radius 2 is 1.81 bits per heavy atom. The molecule has 0 spiro atoms. The van der Waals surface area contributed by atoms with Crippen molar-refractivity contribution >= 4 is 17.4 Å². The van der Waals surface area contributed by atoms with Gasteiger partial charge >= 0.3 is 6.18 Å². The lowest BCUT2D eigenvalue weighted by Crippen LogP contribution is -2.26. The number of nitrogens with one attached hydrogen (secondary N) is 1. The fourth-order valence-corrected chi connectivity index (χ4v) is 4.13. The molecule has 8 nitrogen and oxygen atoms in total. The Hall–Kier alpha value is -4.54. The minimum absolute atomic E-state index is 0.0436. The Labute approximate surface area is 203 Å². The van der Waals surface area contributed by atoms with Crippen LogP contribution in [0.4, 0.5) is 24.7 Å². The van der Waals surface area contributed by atoms with Gasteiger partial charge in [-0.3, -0.25) is 14.5 Å². The largest absolute Gasteiger partial charge is 0.508 e. The smallest absolute Gasteiger partial charge is 0.416 e. The number of fused-ring (bicyclic) bond motifs is 1. The monoisotopic (exact) mass is 495 g/mol.